The van der Waals surface area contributed by atoms with E-state index in [1.54, 1.807) is 6.07 Å². The molecule has 0 bridgehead atoms. The largest absolute Gasteiger partial charge is 0.471 e. The van der Waals surface area contributed by atoms with E-state index >= 15 is 0 Å². The molecule has 2 aliphatic carbocycles. The zero-order valence-corrected chi connectivity index (χ0v) is 13.9. The molecule has 0 saturated heterocycles. The number of rotatable bonds is 5. The van der Waals surface area contributed by atoms with Crippen molar-refractivity contribution in [2.75, 3.05) is 0 Å². The minimum Gasteiger partial charge on any atom is -0.334 e. The van der Waals surface area contributed by atoms with Gasteiger partial charge in [0.15, 0.2) is 0 Å². The van der Waals surface area contributed by atoms with Crippen molar-refractivity contribution in [3.63, 3.8) is 0 Å². The van der Waals surface area contributed by atoms with Crippen molar-refractivity contribution in [1.82, 2.24) is 15.0 Å². The van der Waals surface area contributed by atoms with Crippen LogP contribution < -0.4 is 0 Å². The molecule has 2 fully saturated rings. The zero-order chi connectivity index (χ0) is 18.7. The minimum absolute atomic E-state index is 0.0496. The minimum atomic E-state index is -4.73. The van der Waals surface area contributed by atoms with Crippen LogP contribution in [0.15, 0.2) is 16.7 Å². The van der Waals surface area contributed by atoms with E-state index in [9.17, 15) is 26.7 Å². The monoisotopic (exact) mass is 393 g/mol. The molecule has 4 rings (SSSR count). The first-order valence-electron chi connectivity index (χ1n) is 7.83. The van der Waals surface area contributed by atoms with Gasteiger partial charge in [-0.25, -0.2) is 8.78 Å². The van der Waals surface area contributed by atoms with Gasteiger partial charge >= 0.3 is 12.1 Å². The SMILES string of the molecule is O=C(C1CC1(F)F)N(Cc1ccc(-c2noc(C(F)(F)F)n2)s1)C1CC1. The number of hydrogen-bond donors (Lipinski definition) is 0. The van der Waals surface area contributed by atoms with Crippen LogP contribution >= 0.6 is 11.3 Å². The summed E-state index contributed by atoms with van der Waals surface area (Å²) in [7, 11) is 0. The summed E-state index contributed by atoms with van der Waals surface area (Å²) in [6.45, 7) is 0.144. The highest BCUT2D eigenvalue weighted by molar-refractivity contribution is 7.15. The second-order valence-electron chi connectivity index (χ2n) is 6.40. The summed E-state index contributed by atoms with van der Waals surface area (Å²) in [6, 6.07) is 3.09. The number of alkyl halides is 5. The first-order valence-corrected chi connectivity index (χ1v) is 8.65. The third-order valence-electron chi connectivity index (χ3n) is 4.27. The number of halogens is 5. The van der Waals surface area contributed by atoms with Gasteiger partial charge in [-0.1, -0.05) is 5.16 Å². The van der Waals surface area contributed by atoms with Crippen molar-refractivity contribution >= 4 is 17.2 Å². The molecule has 26 heavy (non-hydrogen) atoms. The Morgan fingerprint density at radius 3 is 2.58 bits per heavy atom. The van der Waals surface area contributed by atoms with E-state index in [0.29, 0.717) is 9.75 Å². The molecule has 1 unspecified atom stereocenters. The smallest absolute Gasteiger partial charge is 0.334 e. The molecular weight excluding hydrogens is 381 g/mol. The lowest BCUT2D eigenvalue weighted by Gasteiger charge is -2.21. The van der Waals surface area contributed by atoms with E-state index in [4.69, 9.17) is 0 Å². The average Bonchev–Trinajstić information content (AvgIpc) is 3.34. The molecule has 2 aliphatic rings. The Kier molecular flexibility index (Phi) is 3.83. The number of thiophene rings is 1. The second kappa shape index (κ2) is 5.73. The van der Waals surface area contributed by atoms with Crippen LogP contribution in [0.3, 0.4) is 0 Å². The molecule has 2 aromatic rings. The normalized spacial score (nSPS) is 21.7. The van der Waals surface area contributed by atoms with E-state index in [2.05, 4.69) is 14.7 Å². The van der Waals surface area contributed by atoms with Crippen LogP contribution in [-0.2, 0) is 17.5 Å². The van der Waals surface area contributed by atoms with Crippen LogP contribution in [0.25, 0.3) is 10.7 Å². The molecule has 11 heteroatoms. The van der Waals surface area contributed by atoms with Crippen molar-refractivity contribution < 1.29 is 31.3 Å². The summed E-state index contributed by atoms with van der Waals surface area (Å²) in [5.74, 6) is -6.39. The van der Waals surface area contributed by atoms with Crippen LogP contribution in [0.2, 0.25) is 0 Å². The maximum atomic E-state index is 13.2. The van der Waals surface area contributed by atoms with Crippen molar-refractivity contribution in [3.05, 3.63) is 22.9 Å². The number of amides is 1. The van der Waals surface area contributed by atoms with Crippen LogP contribution in [-0.4, -0.2) is 32.9 Å². The molecule has 2 aromatic heterocycles. The van der Waals surface area contributed by atoms with Crippen LogP contribution in [0.4, 0.5) is 22.0 Å². The number of carbonyl (C=O) groups excluding carboxylic acids is 1. The van der Waals surface area contributed by atoms with Gasteiger partial charge in [0.2, 0.25) is 11.7 Å². The number of nitrogens with zero attached hydrogens (tertiary/aromatic N) is 3. The molecule has 0 N–H and O–H groups in total. The van der Waals surface area contributed by atoms with Gasteiger partial charge in [-0.3, -0.25) is 4.79 Å². The first kappa shape index (κ1) is 17.4. The van der Waals surface area contributed by atoms with Crippen molar-refractivity contribution in [2.45, 2.75) is 43.9 Å². The fourth-order valence-electron chi connectivity index (χ4n) is 2.64. The molecule has 0 spiro atoms. The van der Waals surface area contributed by atoms with Crippen molar-refractivity contribution in [2.24, 2.45) is 5.92 Å². The molecule has 2 saturated carbocycles. The average molecular weight is 393 g/mol. The van der Waals surface area contributed by atoms with Gasteiger partial charge in [-0.15, -0.1) is 11.3 Å². The van der Waals surface area contributed by atoms with Crippen LogP contribution in [0, 0.1) is 5.92 Å². The molecule has 5 nitrogen and oxygen atoms in total. The summed E-state index contributed by atoms with van der Waals surface area (Å²) in [4.78, 5) is 18.0. The lowest BCUT2D eigenvalue weighted by atomic mass is 10.3. The Labute approximate surface area is 147 Å². The van der Waals surface area contributed by atoms with Gasteiger partial charge in [0.1, 0.15) is 5.92 Å². The Morgan fingerprint density at radius 1 is 1.35 bits per heavy atom. The fraction of sp³-hybridized carbons (Fsp3) is 0.533. The summed E-state index contributed by atoms with van der Waals surface area (Å²) in [5.41, 5.74) is 0. The van der Waals surface area contributed by atoms with Crippen LogP contribution in [0.5, 0.6) is 0 Å². The van der Waals surface area contributed by atoms with E-state index in [1.165, 1.54) is 11.0 Å². The van der Waals surface area contributed by atoms with Gasteiger partial charge in [0.05, 0.1) is 11.4 Å². The third-order valence-corrected chi connectivity index (χ3v) is 5.34. The van der Waals surface area contributed by atoms with Crippen LogP contribution in [0.1, 0.15) is 30.0 Å². The molecule has 0 aliphatic heterocycles. The molecule has 2 heterocycles. The highest BCUT2D eigenvalue weighted by atomic mass is 32.1. The van der Waals surface area contributed by atoms with E-state index < -0.39 is 36.2 Å². The van der Waals surface area contributed by atoms with Gasteiger partial charge in [0, 0.05) is 17.3 Å². The Bertz CT molecular complexity index is 842. The van der Waals surface area contributed by atoms with Crippen molar-refractivity contribution in [1.29, 1.82) is 0 Å². The summed E-state index contributed by atoms with van der Waals surface area (Å²) in [5, 5.41) is 3.31. The predicted molar refractivity (Wildman–Crippen MR) is 79.2 cm³/mol. The van der Waals surface area contributed by atoms with Gasteiger partial charge in [0.25, 0.3) is 5.92 Å². The predicted octanol–water partition coefficient (Wildman–Crippen LogP) is 3.96. The van der Waals surface area contributed by atoms with Gasteiger partial charge in [-0.2, -0.15) is 18.2 Å². The Balaban J connectivity index is 1.49. The number of carbonyl (C=O) groups is 1. The highest BCUT2D eigenvalue weighted by Crippen LogP contribution is 2.50. The lowest BCUT2D eigenvalue weighted by Crippen LogP contribution is -2.34. The lowest BCUT2D eigenvalue weighted by molar-refractivity contribution is -0.159. The van der Waals surface area contributed by atoms with Crippen molar-refractivity contribution in [3.8, 4) is 10.7 Å². The molecule has 1 atom stereocenters. The molecular formula is C15H12F5N3O2S. The van der Waals surface area contributed by atoms with Gasteiger partial charge < -0.3 is 9.42 Å². The number of aromatic nitrogens is 2. The topological polar surface area (TPSA) is 59.2 Å². The van der Waals surface area contributed by atoms with Gasteiger partial charge in [-0.05, 0) is 25.0 Å². The highest BCUT2D eigenvalue weighted by Gasteiger charge is 2.63. The Morgan fingerprint density at radius 2 is 2.04 bits per heavy atom. The maximum Gasteiger partial charge on any atom is 0.471 e. The third kappa shape index (κ3) is 3.31. The maximum absolute atomic E-state index is 13.2. The summed E-state index contributed by atoms with van der Waals surface area (Å²) < 4.78 is 68.2. The Hall–Kier alpha value is -2.04. The summed E-state index contributed by atoms with van der Waals surface area (Å²) >= 11 is 1.10. The van der Waals surface area contributed by atoms with E-state index in [1.807, 2.05) is 0 Å². The number of hydrogen-bond acceptors (Lipinski definition) is 5. The van der Waals surface area contributed by atoms with E-state index in [-0.39, 0.29) is 18.4 Å². The summed E-state index contributed by atoms with van der Waals surface area (Å²) in [6.07, 6.45) is -3.62. The van der Waals surface area contributed by atoms with E-state index in [0.717, 1.165) is 24.2 Å². The zero-order valence-electron chi connectivity index (χ0n) is 13.1. The molecule has 140 valence electrons. The molecule has 0 radical (unpaired) electrons. The molecule has 0 aromatic carbocycles. The fourth-order valence-corrected chi connectivity index (χ4v) is 3.58. The standard InChI is InChI=1S/C15H12F5N3O2S/c16-14(17)5-9(14)12(24)23(7-1-2-7)6-8-3-4-10(26-8)11-21-13(25-22-11)15(18,19)20/h3-4,7,9H,1-2,5-6H2. The second-order valence-corrected chi connectivity index (χ2v) is 7.57. The first-order chi connectivity index (χ1) is 12.1. The quantitative estimate of drug-likeness (QED) is 0.722. The molecule has 1 amide bonds.